The molecule has 0 aliphatic heterocycles. The van der Waals surface area contributed by atoms with Gasteiger partial charge in [-0.1, -0.05) is 19.4 Å². The molecule has 0 aliphatic rings. The molecule has 1 aromatic rings. The molecule has 17 heavy (non-hydrogen) atoms. The van der Waals surface area contributed by atoms with Crippen molar-refractivity contribution < 1.29 is 0 Å². The number of hydrogen-bond donors (Lipinski definition) is 1. The van der Waals surface area contributed by atoms with Crippen LogP contribution in [-0.4, -0.2) is 31.1 Å². The summed E-state index contributed by atoms with van der Waals surface area (Å²) in [4.78, 5) is 3.90. The predicted octanol–water partition coefficient (Wildman–Crippen LogP) is 3.52. The summed E-state index contributed by atoms with van der Waals surface area (Å²) in [7, 11) is 2.22. The fourth-order valence-electron chi connectivity index (χ4n) is 1.87. The summed E-state index contributed by atoms with van der Waals surface area (Å²) >= 11 is 1.85. The average Bonchev–Trinajstić information content (AvgIpc) is 2.86. The summed E-state index contributed by atoms with van der Waals surface area (Å²) in [6.45, 7) is 9.03. The van der Waals surface area contributed by atoms with Crippen LogP contribution in [0.5, 0.6) is 0 Å². The molecule has 1 rings (SSSR count). The van der Waals surface area contributed by atoms with Gasteiger partial charge in [0, 0.05) is 23.5 Å². The van der Waals surface area contributed by atoms with Gasteiger partial charge in [0.15, 0.2) is 0 Å². The van der Waals surface area contributed by atoms with Crippen LogP contribution in [-0.2, 0) is 0 Å². The van der Waals surface area contributed by atoms with Gasteiger partial charge in [-0.3, -0.25) is 4.90 Å². The smallest absolute Gasteiger partial charge is 0.0413 e. The van der Waals surface area contributed by atoms with Crippen molar-refractivity contribution in [2.24, 2.45) is 0 Å². The van der Waals surface area contributed by atoms with Gasteiger partial charge in [-0.05, 0) is 45.3 Å². The van der Waals surface area contributed by atoms with Crippen molar-refractivity contribution in [3.05, 3.63) is 22.4 Å². The Morgan fingerprint density at radius 3 is 2.76 bits per heavy atom. The number of unbranched alkanes of at least 4 members (excludes halogenated alkanes) is 1. The lowest BCUT2D eigenvalue weighted by atomic mass is 10.2. The van der Waals surface area contributed by atoms with E-state index in [9.17, 15) is 0 Å². The number of hydrogen-bond acceptors (Lipinski definition) is 3. The van der Waals surface area contributed by atoms with Gasteiger partial charge in [-0.25, -0.2) is 0 Å². The monoisotopic (exact) mass is 254 g/mol. The Kier molecular flexibility index (Phi) is 6.78. The van der Waals surface area contributed by atoms with E-state index in [4.69, 9.17) is 0 Å². The first-order valence-corrected chi connectivity index (χ1v) is 7.50. The highest BCUT2D eigenvalue weighted by Crippen LogP contribution is 2.24. The van der Waals surface area contributed by atoms with Gasteiger partial charge in [0.25, 0.3) is 0 Å². The summed E-state index contributed by atoms with van der Waals surface area (Å²) < 4.78 is 0. The quantitative estimate of drug-likeness (QED) is 0.714. The van der Waals surface area contributed by atoms with Crippen LogP contribution in [0.1, 0.15) is 44.5 Å². The first-order valence-electron chi connectivity index (χ1n) is 6.62. The molecule has 98 valence electrons. The molecule has 1 N–H and O–H groups in total. The highest BCUT2D eigenvalue weighted by molar-refractivity contribution is 7.10. The van der Waals surface area contributed by atoms with Gasteiger partial charge in [0.05, 0.1) is 0 Å². The Labute approximate surface area is 110 Å². The van der Waals surface area contributed by atoms with E-state index in [2.05, 4.69) is 55.5 Å². The van der Waals surface area contributed by atoms with Crippen LogP contribution in [0.2, 0.25) is 0 Å². The minimum Gasteiger partial charge on any atom is -0.315 e. The van der Waals surface area contributed by atoms with Crippen LogP contribution >= 0.6 is 11.3 Å². The van der Waals surface area contributed by atoms with E-state index < -0.39 is 0 Å². The molecule has 0 bridgehead atoms. The van der Waals surface area contributed by atoms with Crippen molar-refractivity contribution in [2.45, 2.75) is 45.7 Å². The zero-order chi connectivity index (χ0) is 12.7. The number of rotatable bonds is 8. The standard InChI is InChI=1S/C14H26N2S/c1-5-6-9-15-11-12(2)16(4)13(3)14-8-7-10-17-14/h7-8,10,12-13,15H,5-6,9,11H2,1-4H3. The summed E-state index contributed by atoms with van der Waals surface area (Å²) in [5.74, 6) is 0. The third-order valence-electron chi connectivity index (χ3n) is 3.41. The topological polar surface area (TPSA) is 15.3 Å². The molecule has 1 aromatic heterocycles. The third kappa shape index (κ3) is 4.78. The minimum absolute atomic E-state index is 0.512. The highest BCUT2D eigenvalue weighted by Gasteiger charge is 2.17. The lowest BCUT2D eigenvalue weighted by Gasteiger charge is -2.30. The van der Waals surface area contributed by atoms with Crippen molar-refractivity contribution in [1.29, 1.82) is 0 Å². The van der Waals surface area contributed by atoms with Gasteiger partial charge < -0.3 is 5.32 Å². The molecule has 0 radical (unpaired) electrons. The SMILES string of the molecule is CCCCNCC(C)N(C)C(C)c1cccs1. The molecule has 0 spiro atoms. The second kappa shape index (κ2) is 7.85. The normalized spacial score (nSPS) is 15.1. The highest BCUT2D eigenvalue weighted by atomic mass is 32.1. The lowest BCUT2D eigenvalue weighted by Crippen LogP contribution is -2.39. The van der Waals surface area contributed by atoms with Crippen LogP contribution in [0.25, 0.3) is 0 Å². The zero-order valence-corrected chi connectivity index (χ0v) is 12.4. The van der Waals surface area contributed by atoms with Gasteiger partial charge in [0.2, 0.25) is 0 Å². The van der Waals surface area contributed by atoms with Crippen molar-refractivity contribution in [3.63, 3.8) is 0 Å². The Bertz CT molecular complexity index is 284. The van der Waals surface area contributed by atoms with Crippen LogP contribution in [0.4, 0.5) is 0 Å². The number of nitrogens with one attached hydrogen (secondary N) is 1. The van der Waals surface area contributed by atoms with Crippen molar-refractivity contribution >= 4 is 11.3 Å². The minimum atomic E-state index is 0.512. The largest absolute Gasteiger partial charge is 0.315 e. The number of likely N-dealkylation sites (N-methyl/N-ethyl adjacent to an activating group) is 1. The summed E-state index contributed by atoms with van der Waals surface area (Å²) in [5, 5.41) is 5.69. The zero-order valence-electron chi connectivity index (χ0n) is 11.6. The lowest BCUT2D eigenvalue weighted by molar-refractivity contribution is 0.196. The maximum absolute atomic E-state index is 3.53. The molecule has 0 aliphatic carbocycles. The van der Waals surface area contributed by atoms with Crippen molar-refractivity contribution in [1.82, 2.24) is 10.2 Å². The number of thiophene rings is 1. The average molecular weight is 254 g/mol. The molecular weight excluding hydrogens is 228 g/mol. The van der Waals surface area contributed by atoms with Crippen LogP contribution in [0.15, 0.2) is 17.5 Å². The summed E-state index contributed by atoms with van der Waals surface area (Å²) in [6, 6.07) is 5.44. The molecule has 2 atom stereocenters. The first-order chi connectivity index (χ1) is 8.16. The second-order valence-corrected chi connectivity index (χ2v) is 5.74. The predicted molar refractivity (Wildman–Crippen MR) is 77.7 cm³/mol. The van der Waals surface area contributed by atoms with Gasteiger partial charge in [-0.2, -0.15) is 0 Å². The van der Waals surface area contributed by atoms with Crippen LogP contribution < -0.4 is 5.32 Å². The van der Waals surface area contributed by atoms with Crippen LogP contribution in [0, 0.1) is 0 Å². The third-order valence-corrected chi connectivity index (χ3v) is 4.45. The van der Waals surface area contributed by atoms with Crippen molar-refractivity contribution in [2.75, 3.05) is 20.1 Å². The fourth-order valence-corrected chi connectivity index (χ4v) is 2.70. The number of nitrogens with zero attached hydrogens (tertiary/aromatic N) is 1. The van der Waals surface area contributed by atoms with E-state index in [1.54, 1.807) is 0 Å². The van der Waals surface area contributed by atoms with Crippen LogP contribution in [0.3, 0.4) is 0 Å². The summed E-state index contributed by atoms with van der Waals surface area (Å²) in [5.41, 5.74) is 0. The fraction of sp³-hybridized carbons (Fsp3) is 0.714. The summed E-state index contributed by atoms with van der Waals surface area (Å²) in [6.07, 6.45) is 2.54. The van der Waals surface area contributed by atoms with Gasteiger partial charge >= 0.3 is 0 Å². The Hall–Kier alpha value is -0.380. The van der Waals surface area contributed by atoms with E-state index in [0.29, 0.717) is 12.1 Å². The maximum Gasteiger partial charge on any atom is 0.0413 e. The molecule has 0 saturated carbocycles. The molecule has 0 fully saturated rings. The second-order valence-electron chi connectivity index (χ2n) is 4.76. The van der Waals surface area contributed by atoms with E-state index >= 15 is 0 Å². The maximum atomic E-state index is 3.53. The molecule has 0 amide bonds. The molecule has 2 unspecified atom stereocenters. The Morgan fingerprint density at radius 1 is 1.41 bits per heavy atom. The van der Waals surface area contributed by atoms with Crippen molar-refractivity contribution in [3.8, 4) is 0 Å². The molecule has 3 heteroatoms. The Balaban J connectivity index is 2.33. The van der Waals surface area contributed by atoms with E-state index in [1.165, 1.54) is 17.7 Å². The molecular formula is C14H26N2S. The Morgan fingerprint density at radius 2 is 2.18 bits per heavy atom. The van der Waals surface area contributed by atoms with Gasteiger partial charge in [0.1, 0.15) is 0 Å². The van der Waals surface area contributed by atoms with E-state index in [0.717, 1.165) is 13.1 Å². The molecule has 0 saturated heterocycles. The molecule has 0 aromatic carbocycles. The molecule has 2 nitrogen and oxygen atoms in total. The molecule has 1 heterocycles. The van der Waals surface area contributed by atoms with Gasteiger partial charge in [-0.15, -0.1) is 11.3 Å². The first kappa shape index (κ1) is 14.7. The van der Waals surface area contributed by atoms with E-state index in [-0.39, 0.29) is 0 Å². The van der Waals surface area contributed by atoms with E-state index in [1.807, 2.05) is 11.3 Å².